The van der Waals surface area contributed by atoms with Crippen molar-refractivity contribution >= 4 is 37.4 Å². The second-order valence-corrected chi connectivity index (χ2v) is 4.99. The van der Waals surface area contributed by atoms with Gasteiger partial charge in [-0.2, -0.15) is 0 Å². The van der Waals surface area contributed by atoms with Crippen molar-refractivity contribution in [2.24, 2.45) is 0 Å². The first-order chi connectivity index (χ1) is 6.81. The summed E-state index contributed by atoms with van der Waals surface area (Å²) in [7, 11) is 0. The normalized spacial score (nSPS) is 10.3. The van der Waals surface area contributed by atoms with Crippen molar-refractivity contribution < 1.29 is 0 Å². The molecule has 0 radical (unpaired) electrons. The summed E-state index contributed by atoms with van der Waals surface area (Å²) in [5.74, 6) is 0. The van der Waals surface area contributed by atoms with Gasteiger partial charge in [0.2, 0.25) is 6.54 Å². The molecular formula is C11H8BrNS. The lowest BCUT2D eigenvalue weighted by atomic mass is 10.2. The lowest BCUT2D eigenvalue weighted by Crippen LogP contribution is -1.80. The molecule has 0 N–H and O–H groups in total. The topological polar surface area (TPSA) is 4.36 Å². The zero-order chi connectivity index (χ0) is 9.97. The van der Waals surface area contributed by atoms with E-state index in [2.05, 4.69) is 39.0 Å². The van der Waals surface area contributed by atoms with Crippen LogP contribution in [0.1, 0.15) is 4.88 Å². The molecule has 1 aromatic heterocycles. The third-order valence-electron chi connectivity index (χ3n) is 2.02. The van der Waals surface area contributed by atoms with E-state index in [0.29, 0.717) is 6.54 Å². The van der Waals surface area contributed by atoms with Gasteiger partial charge < -0.3 is 4.85 Å². The second kappa shape index (κ2) is 4.12. The number of halogens is 1. The molecule has 0 bridgehead atoms. The Kier molecular flexibility index (Phi) is 2.85. The maximum absolute atomic E-state index is 6.75. The van der Waals surface area contributed by atoms with Gasteiger partial charge in [0.25, 0.3) is 0 Å². The Bertz CT molecular complexity index is 495. The average Bonchev–Trinajstić information content (AvgIpc) is 2.59. The van der Waals surface area contributed by atoms with E-state index in [4.69, 9.17) is 6.57 Å². The van der Waals surface area contributed by atoms with E-state index in [0.717, 1.165) is 10.9 Å². The summed E-state index contributed by atoms with van der Waals surface area (Å²) in [4.78, 5) is 4.66. The van der Waals surface area contributed by atoms with E-state index in [1.54, 1.807) is 11.3 Å². The molecule has 2 aromatic rings. The molecule has 1 aromatic carbocycles. The molecule has 0 aliphatic rings. The fourth-order valence-electron chi connectivity index (χ4n) is 1.37. The van der Waals surface area contributed by atoms with Crippen LogP contribution in [0.5, 0.6) is 0 Å². The third kappa shape index (κ3) is 1.82. The van der Waals surface area contributed by atoms with Crippen LogP contribution in [0, 0.1) is 6.57 Å². The van der Waals surface area contributed by atoms with E-state index < -0.39 is 0 Å². The minimum absolute atomic E-state index is 0.588. The number of thiophene rings is 1. The Labute approximate surface area is 95.3 Å². The highest BCUT2D eigenvalue weighted by Crippen LogP contribution is 2.32. The second-order valence-electron chi connectivity index (χ2n) is 3.00. The molecule has 0 fully saturated rings. The molecule has 70 valence electrons. The summed E-state index contributed by atoms with van der Waals surface area (Å²) in [5.41, 5.74) is 0. The Morgan fingerprint density at radius 2 is 2.29 bits per heavy atom. The van der Waals surface area contributed by atoms with Crippen LogP contribution in [-0.2, 0) is 6.42 Å². The highest BCUT2D eigenvalue weighted by Gasteiger charge is 2.04. The van der Waals surface area contributed by atoms with Gasteiger partial charge in [-0.1, -0.05) is 12.1 Å². The molecule has 1 heterocycles. The molecule has 0 saturated heterocycles. The number of benzene rings is 1. The summed E-state index contributed by atoms with van der Waals surface area (Å²) < 4.78 is 2.43. The van der Waals surface area contributed by atoms with E-state index in [9.17, 15) is 0 Å². The molecule has 1 nitrogen and oxygen atoms in total. The van der Waals surface area contributed by atoms with E-state index in [1.165, 1.54) is 15.0 Å². The number of fused-ring (bicyclic) bond motifs is 1. The molecule has 0 aliphatic carbocycles. The van der Waals surface area contributed by atoms with Gasteiger partial charge >= 0.3 is 0 Å². The Balaban J connectivity index is 2.42. The number of nitrogens with zero attached hydrogens (tertiary/aromatic N) is 1. The molecule has 0 saturated carbocycles. The molecule has 0 atom stereocenters. The first kappa shape index (κ1) is 9.70. The van der Waals surface area contributed by atoms with Gasteiger partial charge in [-0.05, 0) is 33.4 Å². The Hall–Kier alpha value is -0.850. The summed E-state index contributed by atoms with van der Waals surface area (Å²) in [6, 6.07) is 8.38. The first-order valence-electron chi connectivity index (χ1n) is 4.31. The highest BCUT2D eigenvalue weighted by atomic mass is 79.9. The standard InChI is InChI=1S/C11H8BrNS/c1-13-6-5-9-7-8-3-2-4-10(12)11(8)14-9/h2-4,7H,5-6H2. The van der Waals surface area contributed by atoms with Crippen LogP contribution < -0.4 is 0 Å². The van der Waals surface area contributed by atoms with Crippen molar-refractivity contribution in [2.45, 2.75) is 6.42 Å². The molecule has 0 unspecified atom stereocenters. The van der Waals surface area contributed by atoms with Crippen LogP contribution in [0.15, 0.2) is 28.7 Å². The zero-order valence-corrected chi connectivity index (χ0v) is 9.86. The fraction of sp³-hybridized carbons (Fsp3) is 0.182. The summed E-state index contributed by atoms with van der Waals surface area (Å²) in [6.07, 6.45) is 0.870. The minimum atomic E-state index is 0.588. The van der Waals surface area contributed by atoms with Crippen molar-refractivity contribution in [2.75, 3.05) is 6.54 Å². The molecule has 0 spiro atoms. The fourth-order valence-corrected chi connectivity index (χ4v) is 3.05. The van der Waals surface area contributed by atoms with Crippen LogP contribution in [0.25, 0.3) is 14.9 Å². The van der Waals surface area contributed by atoms with Crippen LogP contribution >= 0.6 is 27.3 Å². The summed E-state index contributed by atoms with van der Waals surface area (Å²) in [5, 5.41) is 1.27. The maximum atomic E-state index is 6.75. The van der Waals surface area contributed by atoms with Crippen molar-refractivity contribution in [3.05, 3.63) is 45.0 Å². The SMILES string of the molecule is [C-]#[N+]CCc1cc2cccc(Br)c2s1. The highest BCUT2D eigenvalue weighted by molar-refractivity contribution is 9.10. The monoisotopic (exact) mass is 265 g/mol. The molecule has 0 aliphatic heterocycles. The smallest absolute Gasteiger partial charge is 0.219 e. The minimum Gasteiger partial charge on any atom is -0.317 e. The van der Waals surface area contributed by atoms with Gasteiger partial charge in [0.1, 0.15) is 0 Å². The number of hydrogen-bond donors (Lipinski definition) is 0. The Morgan fingerprint density at radius 3 is 3.00 bits per heavy atom. The summed E-state index contributed by atoms with van der Waals surface area (Å²) >= 11 is 5.30. The van der Waals surface area contributed by atoms with Gasteiger partial charge in [-0.15, -0.1) is 11.3 Å². The molecule has 0 amide bonds. The van der Waals surface area contributed by atoms with Crippen molar-refractivity contribution in [3.63, 3.8) is 0 Å². The van der Waals surface area contributed by atoms with Crippen LogP contribution in [0.2, 0.25) is 0 Å². The van der Waals surface area contributed by atoms with E-state index in [-0.39, 0.29) is 0 Å². The first-order valence-corrected chi connectivity index (χ1v) is 5.92. The number of hydrogen-bond acceptors (Lipinski definition) is 1. The van der Waals surface area contributed by atoms with Crippen molar-refractivity contribution in [1.82, 2.24) is 0 Å². The molecule has 14 heavy (non-hydrogen) atoms. The van der Waals surface area contributed by atoms with Gasteiger partial charge in [0.15, 0.2) is 0 Å². The predicted molar refractivity (Wildman–Crippen MR) is 64.7 cm³/mol. The predicted octanol–water partition coefficient (Wildman–Crippen LogP) is 4.13. The Morgan fingerprint density at radius 1 is 1.43 bits per heavy atom. The van der Waals surface area contributed by atoms with Crippen molar-refractivity contribution in [1.29, 1.82) is 0 Å². The van der Waals surface area contributed by atoms with E-state index in [1.807, 2.05) is 6.07 Å². The van der Waals surface area contributed by atoms with Gasteiger partial charge in [-0.25, -0.2) is 6.57 Å². The summed E-state index contributed by atoms with van der Waals surface area (Å²) in [6.45, 7) is 7.34. The van der Waals surface area contributed by atoms with E-state index >= 15 is 0 Å². The van der Waals surface area contributed by atoms with Crippen LogP contribution in [0.4, 0.5) is 0 Å². The largest absolute Gasteiger partial charge is 0.317 e. The third-order valence-corrected chi connectivity index (χ3v) is 4.18. The van der Waals surface area contributed by atoms with Gasteiger partial charge in [0.05, 0.1) is 6.42 Å². The lowest BCUT2D eigenvalue weighted by Gasteiger charge is -1.89. The number of rotatable bonds is 2. The van der Waals surface area contributed by atoms with Crippen LogP contribution in [0.3, 0.4) is 0 Å². The molecule has 2 rings (SSSR count). The lowest BCUT2D eigenvalue weighted by molar-refractivity contribution is 1.11. The quantitative estimate of drug-likeness (QED) is 0.720. The van der Waals surface area contributed by atoms with Gasteiger partial charge in [0, 0.05) is 14.0 Å². The molecular weight excluding hydrogens is 258 g/mol. The zero-order valence-electron chi connectivity index (χ0n) is 7.46. The molecule has 3 heteroatoms. The van der Waals surface area contributed by atoms with Crippen LogP contribution in [-0.4, -0.2) is 6.54 Å². The maximum Gasteiger partial charge on any atom is 0.219 e. The van der Waals surface area contributed by atoms with Gasteiger partial charge in [-0.3, -0.25) is 0 Å². The van der Waals surface area contributed by atoms with Crippen molar-refractivity contribution in [3.8, 4) is 0 Å². The average molecular weight is 266 g/mol.